The zero-order valence-electron chi connectivity index (χ0n) is 10.2. The van der Waals surface area contributed by atoms with Gasteiger partial charge in [-0.1, -0.05) is 19.8 Å². The summed E-state index contributed by atoms with van der Waals surface area (Å²) in [4.78, 5) is 2.32. The first kappa shape index (κ1) is 12.9. The van der Waals surface area contributed by atoms with Crippen molar-refractivity contribution in [3.05, 3.63) is 0 Å². The van der Waals surface area contributed by atoms with Crippen molar-refractivity contribution in [3.8, 4) is 0 Å². The van der Waals surface area contributed by atoms with E-state index < -0.39 is 0 Å². The topological polar surface area (TPSA) is 38.5 Å². The van der Waals surface area contributed by atoms with Crippen LogP contribution in [0.1, 0.15) is 39.0 Å². The van der Waals surface area contributed by atoms with Crippen LogP contribution in [0.3, 0.4) is 0 Å². The van der Waals surface area contributed by atoms with Gasteiger partial charge in [-0.2, -0.15) is 0 Å². The normalized spacial score (nSPS) is 23.6. The van der Waals surface area contributed by atoms with E-state index in [4.69, 9.17) is 10.5 Å². The molecule has 0 radical (unpaired) electrons. The van der Waals surface area contributed by atoms with Gasteiger partial charge in [-0.25, -0.2) is 0 Å². The van der Waals surface area contributed by atoms with Crippen LogP contribution in [0.15, 0.2) is 0 Å². The molecule has 15 heavy (non-hydrogen) atoms. The molecule has 1 rings (SSSR count). The third-order valence-electron chi connectivity index (χ3n) is 3.01. The van der Waals surface area contributed by atoms with E-state index in [0.717, 1.165) is 26.1 Å². The van der Waals surface area contributed by atoms with Gasteiger partial charge in [-0.3, -0.25) is 0 Å². The molecule has 0 aromatic heterocycles. The van der Waals surface area contributed by atoms with Crippen LogP contribution in [0.4, 0.5) is 0 Å². The Balaban J connectivity index is 2.08. The lowest BCUT2D eigenvalue weighted by atomic mass is 10.1. The Hall–Kier alpha value is -0.120. The first-order chi connectivity index (χ1) is 7.22. The second-order valence-electron chi connectivity index (χ2n) is 4.76. The summed E-state index contributed by atoms with van der Waals surface area (Å²) < 4.78 is 5.60. The van der Waals surface area contributed by atoms with E-state index in [1.807, 2.05) is 0 Å². The van der Waals surface area contributed by atoms with Crippen LogP contribution in [0, 0.1) is 0 Å². The van der Waals surface area contributed by atoms with E-state index in [0.29, 0.717) is 12.1 Å². The molecule has 3 nitrogen and oxygen atoms in total. The third-order valence-corrected chi connectivity index (χ3v) is 3.01. The molecule has 1 heterocycles. The van der Waals surface area contributed by atoms with Gasteiger partial charge < -0.3 is 15.4 Å². The Morgan fingerprint density at radius 2 is 2.33 bits per heavy atom. The fraction of sp³-hybridized carbons (Fsp3) is 1.00. The maximum atomic E-state index is 6.05. The third kappa shape index (κ3) is 5.50. The molecule has 0 aromatic carbocycles. The maximum Gasteiger partial charge on any atom is 0.0702 e. The molecule has 1 fully saturated rings. The zero-order chi connectivity index (χ0) is 11.1. The number of nitrogens with zero attached hydrogens (tertiary/aromatic N) is 1. The molecule has 1 aliphatic heterocycles. The van der Waals surface area contributed by atoms with Crippen molar-refractivity contribution in [2.24, 2.45) is 5.73 Å². The van der Waals surface area contributed by atoms with Crippen LogP contribution in [-0.2, 0) is 4.74 Å². The summed E-state index contributed by atoms with van der Waals surface area (Å²) in [5.41, 5.74) is 6.05. The number of likely N-dealkylation sites (N-methyl/N-ethyl adjacent to an activating group) is 1. The number of nitrogens with two attached hydrogens (primary N) is 1. The van der Waals surface area contributed by atoms with Crippen LogP contribution in [0.25, 0.3) is 0 Å². The first-order valence-corrected chi connectivity index (χ1v) is 6.28. The van der Waals surface area contributed by atoms with Gasteiger partial charge in [0, 0.05) is 25.7 Å². The lowest BCUT2D eigenvalue weighted by molar-refractivity contribution is 0.0793. The highest BCUT2D eigenvalue weighted by Gasteiger charge is 2.18. The SMILES string of the molecule is CCCCC(N)CN(C)CC1CCCO1. The molecule has 2 N–H and O–H groups in total. The average molecular weight is 214 g/mol. The molecule has 3 heteroatoms. The molecule has 90 valence electrons. The standard InChI is InChI=1S/C12H26N2O/c1-3-4-6-11(13)9-14(2)10-12-7-5-8-15-12/h11-12H,3-10,13H2,1-2H3. The van der Waals surface area contributed by atoms with Crippen LogP contribution < -0.4 is 5.73 Å². The summed E-state index contributed by atoms with van der Waals surface area (Å²) in [5.74, 6) is 0. The number of rotatable bonds is 7. The van der Waals surface area contributed by atoms with Gasteiger partial charge in [0.2, 0.25) is 0 Å². The van der Waals surface area contributed by atoms with Crippen molar-refractivity contribution in [2.75, 3.05) is 26.7 Å². The Morgan fingerprint density at radius 1 is 1.53 bits per heavy atom. The first-order valence-electron chi connectivity index (χ1n) is 6.28. The van der Waals surface area contributed by atoms with Gasteiger partial charge in [-0.05, 0) is 26.3 Å². The summed E-state index contributed by atoms with van der Waals surface area (Å²) in [6.07, 6.45) is 6.52. The van der Waals surface area contributed by atoms with E-state index in [1.165, 1.54) is 25.7 Å². The predicted octanol–water partition coefficient (Wildman–Crippen LogP) is 1.61. The summed E-state index contributed by atoms with van der Waals surface area (Å²) in [6.45, 7) is 5.20. The molecule has 0 saturated carbocycles. The lowest BCUT2D eigenvalue weighted by Gasteiger charge is -2.23. The second kappa shape index (κ2) is 7.20. The van der Waals surface area contributed by atoms with Crippen molar-refractivity contribution < 1.29 is 4.74 Å². The van der Waals surface area contributed by atoms with Crippen LogP contribution >= 0.6 is 0 Å². The van der Waals surface area contributed by atoms with Crippen LogP contribution in [-0.4, -0.2) is 43.8 Å². The number of unbranched alkanes of at least 4 members (excludes halogenated alkanes) is 1. The minimum absolute atomic E-state index is 0.330. The molecule has 2 unspecified atom stereocenters. The predicted molar refractivity (Wildman–Crippen MR) is 64.0 cm³/mol. The molecule has 1 saturated heterocycles. The molecule has 0 aromatic rings. The van der Waals surface area contributed by atoms with Crippen molar-refractivity contribution in [1.82, 2.24) is 4.90 Å². The zero-order valence-corrected chi connectivity index (χ0v) is 10.2. The number of hydrogen-bond donors (Lipinski definition) is 1. The van der Waals surface area contributed by atoms with E-state index >= 15 is 0 Å². The van der Waals surface area contributed by atoms with Crippen molar-refractivity contribution in [2.45, 2.75) is 51.2 Å². The number of hydrogen-bond acceptors (Lipinski definition) is 3. The summed E-state index contributed by atoms with van der Waals surface area (Å²) in [7, 11) is 2.15. The summed E-state index contributed by atoms with van der Waals surface area (Å²) in [6, 6.07) is 0.330. The molecule has 2 atom stereocenters. The summed E-state index contributed by atoms with van der Waals surface area (Å²) in [5, 5.41) is 0. The quantitative estimate of drug-likeness (QED) is 0.700. The van der Waals surface area contributed by atoms with Gasteiger partial charge in [0.1, 0.15) is 0 Å². The fourth-order valence-electron chi connectivity index (χ4n) is 2.17. The van der Waals surface area contributed by atoms with Gasteiger partial charge in [0.15, 0.2) is 0 Å². The molecular formula is C12H26N2O. The Kier molecular flexibility index (Phi) is 6.22. The number of ether oxygens (including phenoxy) is 1. The highest BCUT2D eigenvalue weighted by Crippen LogP contribution is 2.13. The van der Waals surface area contributed by atoms with Crippen molar-refractivity contribution in [3.63, 3.8) is 0 Å². The van der Waals surface area contributed by atoms with Crippen molar-refractivity contribution in [1.29, 1.82) is 0 Å². The Labute approximate surface area is 94.0 Å². The van der Waals surface area contributed by atoms with Crippen molar-refractivity contribution >= 4 is 0 Å². The smallest absolute Gasteiger partial charge is 0.0702 e. The fourth-order valence-corrected chi connectivity index (χ4v) is 2.17. The minimum atomic E-state index is 0.330. The monoisotopic (exact) mass is 214 g/mol. The van der Waals surface area contributed by atoms with E-state index in [-0.39, 0.29) is 0 Å². The summed E-state index contributed by atoms with van der Waals surface area (Å²) >= 11 is 0. The minimum Gasteiger partial charge on any atom is -0.377 e. The highest BCUT2D eigenvalue weighted by molar-refractivity contribution is 4.72. The largest absolute Gasteiger partial charge is 0.377 e. The molecule has 0 bridgehead atoms. The average Bonchev–Trinajstić information content (AvgIpc) is 2.67. The molecule has 0 amide bonds. The molecule has 1 aliphatic rings. The lowest BCUT2D eigenvalue weighted by Crippen LogP contribution is -2.38. The Bertz CT molecular complexity index is 158. The van der Waals surface area contributed by atoms with Gasteiger partial charge in [0.05, 0.1) is 6.10 Å². The van der Waals surface area contributed by atoms with Crippen LogP contribution in [0.5, 0.6) is 0 Å². The van der Waals surface area contributed by atoms with Gasteiger partial charge in [-0.15, -0.1) is 0 Å². The van der Waals surface area contributed by atoms with Gasteiger partial charge >= 0.3 is 0 Å². The second-order valence-corrected chi connectivity index (χ2v) is 4.76. The van der Waals surface area contributed by atoms with Crippen LogP contribution in [0.2, 0.25) is 0 Å². The molecular weight excluding hydrogens is 188 g/mol. The molecule has 0 spiro atoms. The Morgan fingerprint density at radius 3 is 2.93 bits per heavy atom. The van der Waals surface area contributed by atoms with Gasteiger partial charge in [0.25, 0.3) is 0 Å². The van der Waals surface area contributed by atoms with E-state index in [2.05, 4.69) is 18.9 Å². The maximum absolute atomic E-state index is 6.05. The van der Waals surface area contributed by atoms with E-state index in [9.17, 15) is 0 Å². The molecule has 0 aliphatic carbocycles. The highest BCUT2D eigenvalue weighted by atomic mass is 16.5. The van der Waals surface area contributed by atoms with E-state index in [1.54, 1.807) is 0 Å².